The van der Waals surface area contributed by atoms with Gasteiger partial charge in [0, 0.05) is 18.2 Å². The molecular formula is C19H23NO3. The number of methoxy groups -OCH3 is 2. The Labute approximate surface area is 137 Å². The highest BCUT2D eigenvalue weighted by molar-refractivity contribution is 5.94. The molecule has 4 heteroatoms. The Kier molecular flexibility index (Phi) is 5.77. The molecule has 2 aromatic rings. The molecule has 1 N–H and O–H groups in total. The quantitative estimate of drug-likeness (QED) is 0.885. The zero-order valence-electron chi connectivity index (χ0n) is 14.1. The summed E-state index contributed by atoms with van der Waals surface area (Å²) >= 11 is 0. The molecule has 122 valence electrons. The molecule has 0 saturated heterocycles. The highest BCUT2D eigenvalue weighted by Crippen LogP contribution is 2.26. The number of benzene rings is 2. The maximum Gasteiger partial charge on any atom is 0.251 e. The fourth-order valence-electron chi connectivity index (χ4n) is 2.47. The third-order valence-electron chi connectivity index (χ3n) is 3.73. The van der Waals surface area contributed by atoms with Crippen LogP contribution in [0, 0.1) is 6.92 Å². The van der Waals surface area contributed by atoms with Gasteiger partial charge in [-0.25, -0.2) is 0 Å². The molecule has 1 unspecified atom stereocenters. The smallest absolute Gasteiger partial charge is 0.251 e. The molecule has 1 amide bonds. The van der Waals surface area contributed by atoms with Gasteiger partial charge < -0.3 is 14.8 Å². The van der Waals surface area contributed by atoms with E-state index in [1.807, 2.05) is 56.3 Å². The number of nitrogens with one attached hydrogen (secondary N) is 1. The molecule has 0 aliphatic carbocycles. The first kappa shape index (κ1) is 17.0. The second kappa shape index (κ2) is 7.79. The van der Waals surface area contributed by atoms with E-state index in [-0.39, 0.29) is 11.9 Å². The zero-order valence-corrected chi connectivity index (χ0v) is 14.1. The summed E-state index contributed by atoms with van der Waals surface area (Å²) in [6, 6.07) is 13.2. The van der Waals surface area contributed by atoms with E-state index in [9.17, 15) is 4.79 Å². The summed E-state index contributed by atoms with van der Waals surface area (Å²) in [6.07, 6.45) is 0. The molecule has 2 aromatic carbocycles. The lowest BCUT2D eigenvalue weighted by molar-refractivity contribution is 0.0939. The molecule has 0 bridgehead atoms. The second-order valence-electron chi connectivity index (χ2n) is 5.57. The predicted molar refractivity (Wildman–Crippen MR) is 90.8 cm³/mol. The third-order valence-corrected chi connectivity index (χ3v) is 3.73. The minimum absolute atomic E-state index is 0.106. The fourth-order valence-corrected chi connectivity index (χ4v) is 2.47. The van der Waals surface area contributed by atoms with Crippen molar-refractivity contribution in [1.29, 1.82) is 0 Å². The summed E-state index contributed by atoms with van der Waals surface area (Å²) in [5, 5.41) is 3.02. The number of ether oxygens (including phenoxy) is 2. The van der Waals surface area contributed by atoms with Crippen LogP contribution in [0.5, 0.6) is 5.75 Å². The van der Waals surface area contributed by atoms with Crippen LogP contribution < -0.4 is 10.1 Å². The van der Waals surface area contributed by atoms with Crippen LogP contribution in [0.25, 0.3) is 0 Å². The lowest BCUT2D eigenvalue weighted by Crippen LogP contribution is -2.27. The summed E-state index contributed by atoms with van der Waals surface area (Å²) in [4.78, 5) is 12.4. The van der Waals surface area contributed by atoms with Gasteiger partial charge in [0.1, 0.15) is 5.75 Å². The van der Waals surface area contributed by atoms with E-state index in [2.05, 4.69) is 5.32 Å². The Morgan fingerprint density at radius 2 is 1.83 bits per heavy atom. The Hall–Kier alpha value is -2.33. The van der Waals surface area contributed by atoms with E-state index < -0.39 is 0 Å². The topological polar surface area (TPSA) is 47.6 Å². The van der Waals surface area contributed by atoms with Crippen LogP contribution in [-0.2, 0) is 11.3 Å². The Balaban J connectivity index is 2.11. The Morgan fingerprint density at radius 3 is 2.43 bits per heavy atom. The fraction of sp³-hybridized carbons (Fsp3) is 0.316. The first-order valence-corrected chi connectivity index (χ1v) is 7.58. The van der Waals surface area contributed by atoms with E-state index in [4.69, 9.17) is 9.47 Å². The molecule has 0 heterocycles. The molecule has 0 aromatic heterocycles. The van der Waals surface area contributed by atoms with Crippen molar-refractivity contribution in [3.63, 3.8) is 0 Å². The standard InChI is InChI=1S/C19H23NO3/c1-13-5-10-18(23-4)17(11-13)14(2)20-19(21)16-8-6-15(7-9-16)12-22-3/h5-11,14H,12H2,1-4H3,(H,20,21). The normalized spacial score (nSPS) is 11.8. The van der Waals surface area contributed by atoms with Crippen LogP contribution in [0.4, 0.5) is 0 Å². The summed E-state index contributed by atoms with van der Waals surface area (Å²) in [5.41, 5.74) is 3.77. The number of hydrogen-bond acceptors (Lipinski definition) is 3. The molecular weight excluding hydrogens is 290 g/mol. The third kappa shape index (κ3) is 4.33. The average molecular weight is 313 g/mol. The molecule has 1 atom stereocenters. The summed E-state index contributed by atoms with van der Waals surface area (Å²) in [6.45, 7) is 4.51. The largest absolute Gasteiger partial charge is 0.496 e. The van der Waals surface area contributed by atoms with Gasteiger partial charge in [-0.2, -0.15) is 0 Å². The van der Waals surface area contributed by atoms with E-state index in [1.165, 1.54) is 0 Å². The monoisotopic (exact) mass is 313 g/mol. The minimum Gasteiger partial charge on any atom is -0.496 e. The molecule has 2 rings (SSSR count). The zero-order chi connectivity index (χ0) is 16.8. The number of rotatable bonds is 6. The molecule has 0 saturated carbocycles. The SMILES string of the molecule is COCc1ccc(C(=O)NC(C)c2cc(C)ccc2OC)cc1. The molecule has 4 nitrogen and oxygen atoms in total. The summed E-state index contributed by atoms with van der Waals surface area (Å²) in [5.74, 6) is 0.670. The van der Waals surface area contributed by atoms with E-state index in [1.54, 1.807) is 14.2 Å². The van der Waals surface area contributed by atoms with Gasteiger partial charge in [-0.3, -0.25) is 4.79 Å². The van der Waals surface area contributed by atoms with E-state index in [0.29, 0.717) is 12.2 Å². The molecule has 0 aliphatic heterocycles. The first-order valence-electron chi connectivity index (χ1n) is 7.58. The number of carbonyl (C=O) groups excluding carboxylic acids is 1. The summed E-state index contributed by atoms with van der Waals surface area (Å²) in [7, 11) is 3.29. The van der Waals surface area contributed by atoms with Crippen molar-refractivity contribution in [2.45, 2.75) is 26.5 Å². The lowest BCUT2D eigenvalue weighted by Gasteiger charge is -2.18. The van der Waals surface area contributed by atoms with Gasteiger partial charge in [0.25, 0.3) is 5.91 Å². The van der Waals surface area contributed by atoms with Crippen molar-refractivity contribution in [1.82, 2.24) is 5.32 Å². The molecule has 0 radical (unpaired) electrons. The molecule has 0 aliphatic rings. The predicted octanol–water partition coefficient (Wildman–Crippen LogP) is 3.64. The van der Waals surface area contributed by atoms with E-state index >= 15 is 0 Å². The van der Waals surface area contributed by atoms with Crippen molar-refractivity contribution in [2.24, 2.45) is 0 Å². The highest BCUT2D eigenvalue weighted by Gasteiger charge is 2.15. The number of aryl methyl sites for hydroxylation is 1. The second-order valence-corrected chi connectivity index (χ2v) is 5.57. The van der Waals surface area contributed by atoms with Crippen molar-refractivity contribution >= 4 is 5.91 Å². The van der Waals surface area contributed by atoms with Gasteiger partial charge in [0.2, 0.25) is 0 Å². The van der Waals surface area contributed by atoms with Crippen molar-refractivity contribution in [2.75, 3.05) is 14.2 Å². The number of amides is 1. The average Bonchev–Trinajstić information content (AvgIpc) is 2.55. The first-order chi connectivity index (χ1) is 11.0. The summed E-state index contributed by atoms with van der Waals surface area (Å²) < 4.78 is 10.5. The van der Waals surface area contributed by atoms with Crippen molar-refractivity contribution in [3.8, 4) is 5.75 Å². The van der Waals surface area contributed by atoms with Crippen molar-refractivity contribution < 1.29 is 14.3 Å². The highest BCUT2D eigenvalue weighted by atomic mass is 16.5. The van der Waals surface area contributed by atoms with Gasteiger partial charge in [-0.15, -0.1) is 0 Å². The van der Waals surface area contributed by atoms with Crippen LogP contribution in [0.3, 0.4) is 0 Å². The molecule has 23 heavy (non-hydrogen) atoms. The maximum absolute atomic E-state index is 12.4. The number of carbonyl (C=O) groups is 1. The van der Waals surface area contributed by atoms with Crippen LogP contribution in [0.1, 0.15) is 40.0 Å². The van der Waals surface area contributed by atoms with Crippen LogP contribution in [-0.4, -0.2) is 20.1 Å². The van der Waals surface area contributed by atoms with Crippen LogP contribution in [0.15, 0.2) is 42.5 Å². The van der Waals surface area contributed by atoms with Crippen LogP contribution in [0.2, 0.25) is 0 Å². The Morgan fingerprint density at radius 1 is 1.13 bits per heavy atom. The molecule has 0 spiro atoms. The lowest BCUT2D eigenvalue weighted by atomic mass is 10.0. The minimum atomic E-state index is -0.143. The van der Waals surface area contributed by atoms with Crippen molar-refractivity contribution in [3.05, 3.63) is 64.7 Å². The molecule has 0 fully saturated rings. The maximum atomic E-state index is 12.4. The van der Waals surface area contributed by atoms with Gasteiger partial charge in [-0.1, -0.05) is 29.8 Å². The van der Waals surface area contributed by atoms with Gasteiger partial charge >= 0.3 is 0 Å². The van der Waals surface area contributed by atoms with E-state index in [0.717, 1.165) is 22.4 Å². The van der Waals surface area contributed by atoms with Gasteiger partial charge in [-0.05, 0) is 37.6 Å². The number of hydrogen-bond donors (Lipinski definition) is 1. The Bertz CT molecular complexity index is 665. The van der Waals surface area contributed by atoms with Gasteiger partial charge in [0.05, 0.1) is 19.8 Å². The van der Waals surface area contributed by atoms with Gasteiger partial charge in [0.15, 0.2) is 0 Å². The van der Waals surface area contributed by atoms with Crippen LogP contribution >= 0.6 is 0 Å².